The average molecular weight is 536 g/mol. The fourth-order valence-electron chi connectivity index (χ4n) is 6.66. The number of methoxy groups -OCH3 is 1. The van der Waals surface area contributed by atoms with Crippen LogP contribution in [0.5, 0.6) is 0 Å². The van der Waals surface area contributed by atoms with Gasteiger partial charge in [-0.15, -0.1) is 0 Å². The molecule has 4 aliphatic rings. The summed E-state index contributed by atoms with van der Waals surface area (Å²) >= 11 is 0. The molecule has 3 aliphatic carbocycles. The maximum atomic E-state index is 13.7. The first-order valence-corrected chi connectivity index (χ1v) is 13.5. The zero-order valence-corrected chi connectivity index (χ0v) is 23.0. The van der Waals surface area contributed by atoms with Gasteiger partial charge in [0.1, 0.15) is 11.6 Å². The topological polar surface area (TPSA) is 135 Å². The summed E-state index contributed by atoms with van der Waals surface area (Å²) in [6, 6.07) is 9.81. The number of benzene rings is 1. The fourth-order valence-corrected chi connectivity index (χ4v) is 6.66. The predicted octanol–water partition coefficient (Wildman–Crippen LogP) is 2.27. The molecule has 3 N–H and O–H groups in total. The lowest BCUT2D eigenvalue weighted by atomic mass is 9.43. The van der Waals surface area contributed by atoms with Gasteiger partial charge in [0.2, 0.25) is 5.91 Å². The monoisotopic (exact) mass is 536 g/mol. The van der Waals surface area contributed by atoms with Gasteiger partial charge < -0.3 is 29.8 Å². The summed E-state index contributed by atoms with van der Waals surface area (Å²) in [5, 5.41) is 3.06. The third-order valence-electron chi connectivity index (χ3n) is 8.97. The normalized spacial score (nSPS) is 28.2. The van der Waals surface area contributed by atoms with Crippen LogP contribution in [0.1, 0.15) is 61.3 Å². The third-order valence-corrected chi connectivity index (χ3v) is 8.97. The van der Waals surface area contributed by atoms with E-state index in [9.17, 15) is 9.59 Å². The van der Waals surface area contributed by atoms with Gasteiger partial charge in [-0.25, -0.2) is 4.98 Å². The van der Waals surface area contributed by atoms with E-state index in [1.807, 2.05) is 30.3 Å². The van der Waals surface area contributed by atoms with Crippen LogP contribution < -0.4 is 11.1 Å². The van der Waals surface area contributed by atoms with E-state index in [-0.39, 0.29) is 36.1 Å². The zero-order valence-electron chi connectivity index (χ0n) is 23.0. The number of ether oxygens (including phenoxy) is 2. The smallest absolute Gasteiger partial charge is 0.404 e. The van der Waals surface area contributed by atoms with Gasteiger partial charge in [-0.2, -0.15) is 0 Å². The van der Waals surface area contributed by atoms with Crippen molar-refractivity contribution in [1.82, 2.24) is 15.3 Å². The molecule has 1 aromatic carbocycles. The number of nitrogens with one attached hydrogen (secondary N) is 1. The summed E-state index contributed by atoms with van der Waals surface area (Å²) < 4.78 is 24.5. The summed E-state index contributed by atoms with van der Waals surface area (Å²) in [5.41, 5.74) is 6.36. The van der Waals surface area contributed by atoms with Crippen LogP contribution in [0.4, 0.5) is 0 Å². The molecule has 3 saturated carbocycles. The molecular formula is C28H37BN4O6. The van der Waals surface area contributed by atoms with Gasteiger partial charge in [0.05, 0.1) is 43.2 Å². The molecule has 2 aromatic rings. The number of primary amides is 1. The van der Waals surface area contributed by atoms with E-state index in [1.165, 1.54) is 19.5 Å². The molecule has 0 radical (unpaired) electrons. The van der Waals surface area contributed by atoms with Crippen LogP contribution >= 0.6 is 0 Å². The fraction of sp³-hybridized carbons (Fsp3) is 0.571. The number of hydrogen-bond donors (Lipinski definition) is 2. The lowest BCUT2D eigenvalue weighted by Crippen LogP contribution is -2.65. The van der Waals surface area contributed by atoms with Crippen molar-refractivity contribution in [1.29, 1.82) is 0 Å². The van der Waals surface area contributed by atoms with Crippen LogP contribution in [0.3, 0.4) is 0 Å². The summed E-state index contributed by atoms with van der Waals surface area (Å²) in [5.74, 6) is -1.74. The van der Waals surface area contributed by atoms with Gasteiger partial charge >= 0.3 is 7.12 Å². The van der Waals surface area contributed by atoms with Crippen molar-refractivity contribution < 1.29 is 28.4 Å². The zero-order chi connectivity index (χ0) is 27.8. The van der Waals surface area contributed by atoms with Crippen molar-refractivity contribution in [3.8, 4) is 0 Å². The van der Waals surface area contributed by atoms with Crippen LogP contribution in [0.15, 0.2) is 42.7 Å². The number of carbonyl (C=O) groups excluding carboxylic acids is 2. The second kappa shape index (κ2) is 11.0. The SMILES string of the molecule is COC[C@H](C(=O)N[C@@H](COCc1ccccc1)B1O[C@@H]2C[C@@H]3C[C@@H](C3(C)C)[C@]2(C)O1)c1nccnc1C(N)=O. The number of aromatic nitrogens is 2. The molecule has 208 valence electrons. The van der Waals surface area contributed by atoms with Crippen molar-refractivity contribution in [2.45, 2.75) is 63.8 Å². The first kappa shape index (κ1) is 27.7. The van der Waals surface area contributed by atoms with Crippen LogP contribution in [-0.2, 0) is 30.2 Å². The van der Waals surface area contributed by atoms with E-state index >= 15 is 0 Å². The third kappa shape index (κ3) is 5.20. The van der Waals surface area contributed by atoms with Gasteiger partial charge in [-0.1, -0.05) is 44.2 Å². The summed E-state index contributed by atoms with van der Waals surface area (Å²) in [4.78, 5) is 34.0. The average Bonchev–Trinajstić information content (AvgIpc) is 3.28. The van der Waals surface area contributed by atoms with Crippen LogP contribution in [-0.4, -0.2) is 66.9 Å². The Hall–Kier alpha value is -2.86. The first-order valence-electron chi connectivity index (χ1n) is 13.5. The molecular weight excluding hydrogens is 499 g/mol. The van der Waals surface area contributed by atoms with E-state index in [1.54, 1.807) is 0 Å². The lowest BCUT2D eigenvalue weighted by Gasteiger charge is -2.64. The van der Waals surface area contributed by atoms with E-state index in [4.69, 9.17) is 24.5 Å². The Labute approximate surface area is 229 Å². The van der Waals surface area contributed by atoms with E-state index in [2.05, 4.69) is 36.1 Å². The molecule has 11 heteroatoms. The molecule has 6 atom stereocenters. The standard InChI is InChI=1S/C28H37BN4O6/c1-27(2)18-12-20(27)28(3)21(13-18)38-29(39-28)22(16-37-14-17-8-6-5-7-9-17)33-26(35)19(15-36-4)23-24(25(30)34)32-11-10-31-23/h5-11,18-22H,12-16H2,1-4H3,(H2,30,34)(H,33,35)/t18-,19-,20-,21+,22-,28-/m0/s1. The number of nitrogens with zero attached hydrogens (tertiary/aromatic N) is 2. The Kier molecular flexibility index (Phi) is 7.78. The minimum Gasteiger partial charge on any atom is -0.404 e. The molecule has 1 aromatic heterocycles. The molecule has 0 unspecified atom stereocenters. The second-order valence-electron chi connectivity index (χ2n) is 11.6. The van der Waals surface area contributed by atoms with Crippen molar-refractivity contribution in [3.05, 3.63) is 59.7 Å². The highest BCUT2D eigenvalue weighted by atomic mass is 16.7. The Bertz CT molecular complexity index is 1200. The van der Waals surface area contributed by atoms with Crippen LogP contribution in [0, 0.1) is 17.3 Å². The number of carbonyl (C=O) groups is 2. The highest BCUT2D eigenvalue weighted by Gasteiger charge is 2.68. The van der Waals surface area contributed by atoms with Gasteiger partial charge in [0.15, 0.2) is 0 Å². The summed E-state index contributed by atoms with van der Waals surface area (Å²) in [6.07, 6.45) is 4.78. The van der Waals surface area contributed by atoms with Gasteiger partial charge in [0.25, 0.3) is 5.91 Å². The minimum atomic E-state index is -0.922. The Morgan fingerprint density at radius 1 is 1.15 bits per heavy atom. The van der Waals surface area contributed by atoms with Crippen LogP contribution in [0.25, 0.3) is 0 Å². The predicted molar refractivity (Wildman–Crippen MR) is 143 cm³/mol. The molecule has 1 aliphatic heterocycles. The summed E-state index contributed by atoms with van der Waals surface area (Å²) in [6.45, 7) is 7.25. The van der Waals surface area contributed by atoms with Crippen molar-refractivity contribution in [3.63, 3.8) is 0 Å². The van der Waals surface area contributed by atoms with Crippen molar-refractivity contribution in [2.24, 2.45) is 23.0 Å². The quantitative estimate of drug-likeness (QED) is 0.418. The highest BCUT2D eigenvalue weighted by Crippen LogP contribution is 2.65. The molecule has 2 amide bonds. The lowest BCUT2D eigenvalue weighted by molar-refractivity contribution is -0.199. The van der Waals surface area contributed by atoms with Gasteiger partial charge in [0, 0.05) is 19.5 Å². The molecule has 2 bridgehead atoms. The number of rotatable bonds is 11. The maximum absolute atomic E-state index is 13.7. The molecule has 2 heterocycles. The maximum Gasteiger partial charge on any atom is 0.484 e. The van der Waals surface area contributed by atoms with Gasteiger partial charge in [-0.05, 0) is 42.6 Å². The molecule has 1 saturated heterocycles. The molecule has 6 rings (SSSR count). The molecule has 39 heavy (non-hydrogen) atoms. The second-order valence-corrected chi connectivity index (χ2v) is 11.6. The summed E-state index contributed by atoms with van der Waals surface area (Å²) in [7, 11) is 0.777. The van der Waals surface area contributed by atoms with E-state index in [0.717, 1.165) is 18.4 Å². The number of amides is 2. The number of nitrogens with two attached hydrogens (primary N) is 1. The highest BCUT2D eigenvalue weighted by molar-refractivity contribution is 6.48. The van der Waals surface area contributed by atoms with Gasteiger partial charge in [-0.3, -0.25) is 14.6 Å². The molecule has 4 fully saturated rings. The van der Waals surface area contributed by atoms with Crippen molar-refractivity contribution in [2.75, 3.05) is 20.3 Å². The number of hydrogen-bond acceptors (Lipinski definition) is 8. The Morgan fingerprint density at radius 3 is 2.59 bits per heavy atom. The van der Waals surface area contributed by atoms with Crippen LogP contribution in [0.2, 0.25) is 0 Å². The molecule has 0 spiro atoms. The largest absolute Gasteiger partial charge is 0.484 e. The molecule has 10 nitrogen and oxygen atoms in total. The van der Waals surface area contributed by atoms with E-state index < -0.39 is 36.4 Å². The minimum absolute atomic E-state index is 0.0208. The first-order chi connectivity index (χ1) is 18.6. The Morgan fingerprint density at radius 2 is 1.90 bits per heavy atom. The Balaban J connectivity index is 1.36. The van der Waals surface area contributed by atoms with E-state index in [0.29, 0.717) is 18.4 Å². The van der Waals surface area contributed by atoms with Crippen molar-refractivity contribution >= 4 is 18.9 Å².